The molecule has 0 saturated heterocycles. The summed E-state index contributed by atoms with van der Waals surface area (Å²) < 4.78 is 0. The van der Waals surface area contributed by atoms with Crippen LogP contribution in [0.2, 0.25) is 0 Å². The summed E-state index contributed by atoms with van der Waals surface area (Å²) in [6.45, 7) is 0. The van der Waals surface area contributed by atoms with E-state index in [2.05, 4.69) is 16.9 Å². The molecule has 2 aliphatic rings. The van der Waals surface area contributed by atoms with Crippen LogP contribution in [0.15, 0.2) is 12.2 Å². The van der Waals surface area contributed by atoms with Crippen LogP contribution in [0.5, 0.6) is 0 Å². The molecule has 0 heterocycles. The maximum absolute atomic E-state index is 11.2. The fraction of sp³-hybridized carbons (Fsp3) is 0.692. The molecule has 2 aliphatic carbocycles. The Labute approximate surface area is 96.2 Å². The van der Waals surface area contributed by atoms with Crippen LogP contribution in [-0.2, 0) is 4.79 Å². The van der Waals surface area contributed by atoms with Crippen molar-refractivity contribution < 1.29 is 9.58 Å². The number of ketones is 1. The SMILES string of the molecule is [N-]=[N+]=CC(=O)CCC1[C@H]2CC/C=C\CC[C@@H]12. The Morgan fingerprint density at radius 1 is 1.31 bits per heavy atom. The maximum Gasteiger partial charge on any atom is 0.323 e. The molecule has 16 heavy (non-hydrogen) atoms. The second-order valence-electron chi connectivity index (χ2n) is 4.87. The molecule has 0 spiro atoms. The topological polar surface area (TPSA) is 53.5 Å². The molecule has 3 nitrogen and oxygen atoms in total. The summed E-state index contributed by atoms with van der Waals surface area (Å²) in [5.74, 6) is 2.39. The fourth-order valence-corrected chi connectivity index (χ4v) is 3.06. The molecular weight excluding hydrogens is 200 g/mol. The van der Waals surface area contributed by atoms with Crippen molar-refractivity contribution >= 4 is 12.0 Å². The van der Waals surface area contributed by atoms with E-state index < -0.39 is 0 Å². The maximum atomic E-state index is 11.2. The Balaban J connectivity index is 1.76. The van der Waals surface area contributed by atoms with Crippen molar-refractivity contribution in [3.05, 3.63) is 17.7 Å². The molecule has 0 aromatic heterocycles. The number of carbonyl (C=O) groups excluding carboxylic acids is 1. The lowest BCUT2D eigenvalue weighted by Gasteiger charge is -1.99. The molecule has 1 saturated carbocycles. The highest BCUT2D eigenvalue weighted by Gasteiger charge is 2.47. The molecule has 0 aromatic rings. The van der Waals surface area contributed by atoms with Crippen LogP contribution < -0.4 is 0 Å². The van der Waals surface area contributed by atoms with Crippen molar-refractivity contribution in [3.63, 3.8) is 0 Å². The molecule has 0 aliphatic heterocycles. The molecule has 0 aromatic carbocycles. The normalized spacial score (nSPS) is 33.9. The van der Waals surface area contributed by atoms with Crippen LogP contribution in [0.4, 0.5) is 0 Å². The van der Waals surface area contributed by atoms with Crippen molar-refractivity contribution in [3.8, 4) is 0 Å². The average Bonchev–Trinajstić information content (AvgIpc) is 2.86. The third kappa shape index (κ3) is 2.67. The Hall–Kier alpha value is -1.21. The van der Waals surface area contributed by atoms with E-state index in [1.165, 1.54) is 25.7 Å². The fourth-order valence-electron chi connectivity index (χ4n) is 3.06. The third-order valence-corrected chi connectivity index (χ3v) is 3.93. The molecule has 0 radical (unpaired) electrons. The Morgan fingerprint density at radius 2 is 1.94 bits per heavy atom. The van der Waals surface area contributed by atoms with Gasteiger partial charge in [0.1, 0.15) is 0 Å². The zero-order valence-electron chi connectivity index (χ0n) is 9.51. The van der Waals surface area contributed by atoms with Crippen LogP contribution in [0.25, 0.3) is 5.53 Å². The van der Waals surface area contributed by atoms with Crippen molar-refractivity contribution in [2.24, 2.45) is 17.8 Å². The average molecular weight is 218 g/mol. The summed E-state index contributed by atoms with van der Waals surface area (Å²) in [5, 5.41) is 0. The number of rotatable bonds is 4. The predicted octanol–water partition coefficient (Wildman–Crippen LogP) is 2.63. The zero-order valence-corrected chi connectivity index (χ0v) is 9.51. The lowest BCUT2D eigenvalue weighted by atomic mass is 10.1. The van der Waals surface area contributed by atoms with E-state index in [9.17, 15) is 4.79 Å². The summed E-state index contributed by atoms with van der Waals surface area (Å²) in [6.07, 6.45) is 12.1. The Bertz CT molecular complexity index is 326. The number of fused-ring (bicyclic) bond motifs is 1. The monoisotopic (exact) mass is 218 g/mol. The van der Waals surface area contributed by atoms with Crippen molar-refractivity contribution in [1.29, 1.82) is 0 Å². The molecule has 86 valence electrons. The van der Waals surface area contributed by atoms with Crippen LogP contribution in [0.3, 0.4) is 0 Å². The molecule has 0 amide bonds. The van der Waals surface area contributed by atoms with Gasteiger partial charge >= 0.3 is 6.21 Å². The number of Topliss-reactive ketones (excluding diaryl/α,β-unsaturated/α-hetero) is 1. The van der Waals surface area contributed by atoms with Gasteiger partial charge in [-0.3, -0.25) is 4.79 Å². The van der Waals surface area contributed by atoms with Gasteiger partial charge in [0.25, 0.3) is 0 Å². The highest BCUT2D eigenvalue weighted by atomic mass is 16.1. The molecule has 3 atom stereocenters. The van der Waals surface area contributed by atoms with E-state index in [1.54, 1.807) is 0 Å². The summed E-state index contributed by atoms with van der Waals surface area (Å²) in [5.41, 5.74) is 8.24. The molecule has 0 bridgehead atoms. The van der Waals surface area contributed by atoms with Gasteiger partial charge in [0.05, 0.1) is 0 Å². The highest BCUT2D eigenvalue weighted by molar-refractivity contribution is 6.25. The number of nitrogens with zero attached hydrogens (tertiary/aromatic N) is 2. The van der Waals surface area contributed by atoms with Gasteiger partial charge in [-0.15, -0.1) is 0 Å². The first-order valence-electron chi connectivity index (χ1n) is 6.18. The highest BCUT2D eigenvalue weighted by Crippen LogP contribution is 2.54. The van der Waals surface area contributed by atoms with Gasteiger partial charge in [0.15, 0.2) is 0 Å². The lowest BCUT2D eigenvalue weighted by Crippen LogP contribution is -2.00. The van der Waals surface area contributed by atoms with Crippen LogP contribution in [0.1, 0.15) is 38.5 Å². The van der Waals surface area contributed by atoms with Gasteiger partial charge in [-0.05, 0) is 49.9 Å². The summed E-state index contributed by atoms with van der Waals surface area (Å²) >= 11 is 0. The van der Waals surface area contributed by atoms with Crippen LogP contribution in [0, 0.1) is 17.8 Å². The Kier molecular flexibility index (Phi) is 3.68. The van der Waals surface area contributed by atoms with E-state index in [0.29, 0.717) is 6.42 Å². The van der Waals surface area contributed by atoms with Crippen molar-refractivity contribution in [1.82, 2.24) is 0 Å². The van der Waals surface area contributed by atoms with E-state index in [1.807, 2.05) is 0 Å². The number of carbonyl (C=O) groups is 1. The van der Waals surface area contributed by atoms with Gasteiger partial charge < -0.3 is 5.53 Å². The van der Waals surface area contributed by atoms with E-state index >= 15 is 0 Å². The molecule has 2 rings (SSSR count). The standard InChI is InChI=1S/C13H18N2O/c14-15-9-10(16)7-8-13-11-5-3-1-2-4-6-12(11)13/h1-2,9,11-13H,3-8H2/b2-1-/t11-,12+,13?. The van der Waals surface area contributed by atoms with Crippen LogP contribution >= 0.6 is 0 Å². The molecule has 0 N–H and O–H groups in total. The van der Waals surface area contributed by atoms with Gasteiger partial charge in [-0.2, -0.15) is 4.79 Å². The second-order valence-corrected chi connectivity index (χ2v) is 4.87. The molecule has 1 fully saturated rings. The summed E-state index contributed by atoms with van der Waals surface area (Å²) in [6, 6.07) is 0. The first-order valence-corrected chi connectivity index (χ1v) is 6.18. The van der Waals surface area contributed by atoms with E-state index in [4.69, 9.17) is 5.53 Å². The minimum absolute atomic E-state index is 0.0557. The quantitative estimate of drug-likeness (QED) is 0.310. The van der Waals surface area contributed by atoms with Gasteiger partial charge in [0, 0.05) is 6.42 Å². The number of hydrogen-bond acceptors (Lipinski definition) is 1. The van der Waals surface area contributed by atoms with Crippen molar-refractivity contribution in [2.45, 2.75) is 38.5 Å². The first kappa shape index (κ1) is 11.3. The first-order chi connectivity index (χ1) is 7.83. The summed E-state index contributed by atoms with van der Waals surface area (Å²) in [7, 11) is 0. The van der Waals surface area contributed by atoms with Crippen LogP contribution in [-0.4, -0.2) is 16.8 Å². The van der Waals surface area contributed by atoms with Gasteiger partial charge in [-0.1, -0.05) is 12.2 Å². The van der Waals surface area contributed by atoms with Crippen molar-refractivity contribution in [2.75, 3.05) is 0 Å². The third-order valence-electron chi connectivity index (χ3n) is 3.93. The number of hydrogen-bond donors (Lipinski definition) is 0. The van der Waals surface area contributed by atoms with Gasteiger partial charge in [0.2, 0.25) is 5.78 Å². The van der Waals surface area contributed by atoms with E-state index in [0.717, 1.165) is 30.4 Å². The molecular formula is C13H18N2O. The van der Waals surface area contributed by atoms with E-state index in [-0.39, 0.29) is 5.78 Å². The minimum Gasteiger partial charge on any atom is -0.361 e. The molecule has 1 unspecified atom stereocenters. The zero-order chi connectivity index (χ0) is 11.4. The minimum atomic E-state index is -0.0557. The lowest BCUT2D eigenvalue weighted by molar-refractivity contribution is -0.116. The van der Waals surface area contributed by atoms with Gasteiger partial charge in [-0.25, -0.2) is 0 Å². The largest absolute Gasteiger partial charge is 0.361 e. The smallest absolute Gasteiger partial charge is 0.323 e. The Morgan fingerprint density at radius 3 is 2.50 bits per heavy atom. The number of allylic oxidation sites excluding steroid dienone is 2. The predicted molar refractivity (Wildman–Crippen MR) is 62.0 cm³/mol. The molecule has 3 heteroatoms. The summed E-state index contributed by atoms with van der Waals surface area (Å²) in [4.78, 5) is 14.0. The second kappa shape index (κ2) is 5.22.